The van der Waals surface area contributed by atoms with Crippen molar-refractivity contribution >= 4 is 57.3 Å². The summed E-state index contributed by atoms with van der Waals surface area (Å²) in [5.41, 5.74) is -0.601. The third kappa shape index (κ3) is 8.11. The van der Waals surface area contributed by atoms with Crippen molar-refractivity contribution in [2.24, 2.45) is 0 Å². The zero-order chi connectivity index (χ0) is 27.5. The Labute approximate surface area is 228 Å². The van der Waals surface area contributed by atoms with Crippen molar-refractivity contribution in [1.29, 1.82) is 0 Å². The molecule has 1 aromatic carbocycles. The minimum absolute atomic E-state index is 0.0233. The first-order chi connectivity index (χ1) is 17.2. The van der Waals surface area contributed by atoms with Crippen molar-refractivity contribution in [2.75, 3.05) is 26.2 Å². The van der Waals surface area contributed by atoms with E-state index in [0.29, 0.717) is 18.0 Å². The van der Waals surface area contributed by atoms with Gasteiger partial charge >= 0.3 is 6.18 Å². The van der Waals surface area contributed by atoms with E-state index in [2.05, 4.69) is 10.3 Å². The number of hydrogen-bond acceptors (Lipinski definition) is 6. The van der Waals surface area contributed by atoms with Gasteiger partial charge in [-0.2, -0.15) is 13.2 Å². The molecule has 1 aliphatic rings. The summed E-state index contributed by atoms with van der Waals surface area (Å²) in [7, 11) is -2.29. The predicted octanol–water partition coefficient (Wildman–Crippen LogP) is 3.96. The van der Waals surface area contributed by atoms with E-state index < -0.39 is 35.2 Å². The Hall–Kier alpha value is -1.77. The van der Waals surface area contributed by atoms with Gasteiger partial charge in [0.15, 0.2) is 5.01 Å². The number of aliphatic hydroxyl groups is 1. The zero-order valence-corrected chi connectivity index (χ0v) is 23.0. The first-order valence-electron chi connectivity index (χ1n) is 11.1. The van der Waals surface area contributed by atoms with Gasteiger partial charge < -0.3 is 15.3 Å². The molecule has 1 aliphatic heterocycles. The maximum absolute atomic E-state index is 12.8. The Morgan fingerprint density at radius 2 is 1.81 bits per heavy atom. The van der Waals surface area contributed by atoms with Crippen molar-refractivity contribution in [2.45, 2.75) is 49.8 Å². The lowest BCUT2D eigenvalue weighted by Gasteiger charge is -2.16. The standard InChI is InChI=1S/C22H25Cl2F3N4O4S2/c1-21(2,34)10-28-19(33)20-30-13(9-15(32)31-7-3-4-8-31)18(36-20)12-5-6-14(17(24)16(12)23)37(35)29-11-22(25,26)27/h5-6,29,34H,3-4,7-11H2,1-2H3,(H,28,33). The molecule has 1 atom stereocenters. The molecule has 204 valence electrons. The minimum Gasteiger partial charge on any atom is -0.389 e. The van der Waals surface area contributed by atoms with Crippen LogP contribution in [0, 0.1) is 0 Å². The molecule has 0 bridgehead atoms. The van der Waals surface area contributed by atoms with Crippen LogP contribution in [0.15, 0.2) is 17.0 Å². The number of rotatable bonds is 9. The van der Waals surface area contributed by atoms with E-state index in [1.165, 1.54) is 26.0 Å². The molecule has 1 aromatic heterocycles. The van der Waals surface area contributed by atoms with Crippen molar-refractivity contribution in [3.63, 3.8) is 0 Å². The average Bonchev–Trinajstić information content (AvgIpc) is 3.47. The maximum atomic E-state index is 12.8. The van der Waals surface area contributed by atoms with Gasteiger partial charge in [0.25, 0.3) is 5.91 Å². The van der Waals surface area contributed by atoms with E-state index in [1.54, 1.807) is 4.90 Å². The number of alkyl halides is 3. The SMILES string of the molecule is CC(C)(O)CNC(=O)c1nc(CC(=O)N2CCCC2)c(-c2ccc(S(=O)NCC(F)(F)F)c(Cl)c2Cl)s1. The van der Waals surface area contributed by atoms with E-state index in [0.717, 1.165) is 24.2 Å². The Morgan fingerprint density at radius 3 is 2.41 bits per heavy atom. The second-order valence-corrected chi connectivity index (χ2v) is 12.0. The molecule has 2 heterocycles. The predicted molar refractivity (Wildman–Crippen MR) is 136 cm³/mol. The summed E-state index contributed by atoms with van der Waals surface area (Å²) in [5.74, 6) is -0.742. The fourth-order valence-electron chi connectivity index (χ4n) is 3.45. The molecular weight excluding hydrogens is 576 g/mol. The third-order valence-corrected chi connectivity index (χ3v) is 8.52. The van der Waals surface area contributed by atoms with E-state index in [1.807, 2.05) is 4.72 Å². The molecular formula is C22H25Cl2F3N4O4S2. The molecule has 0 spiro atoms. The summed E-state index contributed by atoms with van der Waals surface area (Å²) in [6.07, 6.45) is -2.90. The van der Waals surface area contributed by atoms with Crippen LogP contribution in [0.2, 0.25) is 10.0 Å². The highest BCUT2D eigenvalue weighted by atomic mass is 35.5. The maximum Gasteiger partial charge on any atom is 0.402 e. The highest BCUT2D eigenvalue weighted by molar-refractivity contribution is 7.83. The van der Waals surface area contributed by atoms with Gasteiger partial charge in [-0.25, -0.2) is 13.9 Å². The van der Waals surface area contributed by atoms with Gasteiger partial charge in [-0.15, -0.1) is 11.3 Å². The molecule has 1 fully saturated rings. The Kier molecular flexibility index (Phi) is 9.62. The largest absolute Gasteiger partial charge is 0.402 e. The number of amides is 2. The van der Waals surface area contributed by atoms with E-state index in [9.17, 15) is 32.1 Å². The van der Waals surface area contributed by atoms with E-state index in [-0.39, 0.29) is 50.1 Å². The molecule has 2 aromatic rings. The molecule has 2 amide bonds. The summed E-state index contributed by atoms with van der Waals surface area (Å²) < 4.78 is 51.7. The molecule has 0 aliphatic carbocycles. The van der Waals surface area contributed by atoms with Gasteiger partial charge in [-0.1, -0.05) is 29.3 Å². The Bertz CT molecular complexity index is 1200. The van der Waals surface area contributed by atoms with Gasteiger partial charge in [-0.3, -0.25) is 9.59 Å². The van der Waals surface area contributed by atoms with Crippen LogP contribution in [0.1, 0.15) is 42.2 Å². The number of nitrogens with one attached hydrogen (secondary N) is 2. The van der Waals surface area contributed by atoms with Crippen LogP contribution < -0.4 is 10.0 Å². The highest BCUT2D eigenvalue weighted by Gasteiger charge is 2.30. The highest BCUT2D eigenvalue weighted by Crippen LogP contribution is 2.41. The van der Waals surface area contributed by atoms with Crippen LogP contribution >= 0.6 is 34.5 Å². The number of likely N-dealkylation sites (tertiary alicyclic amines) is 1. The van der Waals surface area contributed by atoms with E-state index in [4.69, 9.17) is 23.2 Å². The van der Waals surface area contributed by atoms with Gasteiger partial charge in [0.2, 0.25) is 5.91 Å². The summed E-state index contributed by atoms with van der Waals surface area (Å²) in [6, 6.07) is 2.68. The number of nitrogens with zero attached hydrogens (tertiary/aromatic N) is 2. The smallest absolute Gasteiger partial charge is 0.389 e. The second kappa shape index (κ2) is 12.0. The quantitative estimate of drug-likeness (QED) is 0.403. The third-order valence-electron chi connectivity index (χ3n) is 5.25. The lowest BCUT2D eigenvalue weighted by Crippen LogP contribution is -2.38. The monoisotopic (exact) mass is 600 g/mol. The van der Waals surface area contributed by atoms with Crippen LogP contribution in [-0.2, 0) is 22.2 Å². The second-order valence-electron chi connectivity index (χ2n) is 9.00. The summed E-state index contributed by atoms with van der Waals surface area (Å²) in [6.45, 7) is 2.76. The van der Waals surface area contributed by atoms with Crippen LogP contribution in [0.3, 0.4) is 0 Å². The number of thiazole rings is 1. The van der Waals surface area contributed by atoms with Gasteiger partial charge in [0.1, 0.15) is 17.5 Å². The van der Waals surface area contributed by atoms with Crippen LogP contribution in [0.5, 0.6) is 0 Å². The van der Waals surface area contributed by atoms with Crippen LogP contribution in [0.4, 0.5) is 13.2 Å². The van der Waals surface area contributed by atoms with Crippen molar-refractivity contribution < 1.29 is 32.1 Å². The minimum atomic E-state index is -4.58. The number of benzene rings is 1. The molecule has 0 radical (unpaired) electrons. The van der Waals surface area contributed by atoms with Gasteiger partial charge in [0, 0.05) is 25.2 Å². The fourth-order valence-corrected chi connectivity index (χ4v) is 6.13. The fraction of sp³-hybridized carbons (Fsp3) is 0.500. The van der Waals surface area contributed by atoms with Crippen molar-refractivity contribution in [1.82, 2.24) is 19.9 Å². The summed E-state index contributed by atoms with van der Waals surface area (Å²) in [4.78, 5) is 31.8. The van der Waals surface area contributed by atoms with Gasteiger partial charge in [0.05, 0.1) is 37.5 Å². The molecule has 3 rings (SSSR count). The topological polar surface area (TPSA) is 112 Å². The molecule has 8 nitrogen and oxygen atoms in total. The average molecular weight is 602 g/mol. The molecule has 1 saturated heterocycles. The Morgan fingerprint density at radius 1 is 1.16 bits per heavy atom. The number of carbonyl (C=O) groups is 2. The first kappa shape index (κ1) is 29.8. The number of halogens is 5. The molecule has 1 unspecified atom stereocenters. The van der Waals surface area contributed by atoms with E-state index >= 15 is 0 Å². The van der Waals surface area contributed by atoms with Gasteiger partial charge in [-0.05, 0) is 32.8 Å². The normalized spacial score (nSPS) is 15.2. The molecule has 37 heavy (non-hydrogen) atoms. The molecule has 0 saturated carbocycles. The van der Waals surface area contributed by atoms with Crippen molar-refractivity contribution in [3.8, 4) is 10.4 Å². The van der Waals surface area contributed by atoms with Crippen LogP contribution in [0.25, 0.3) is 10.4 Å². The summed E-state index contributed by atoms with van der Waals surface area (Å²) >= 11 is 13.7. The zero-order valence-electron chi connectivity index (χ0n) is 19.9. The van der Waals surface area contributed by atoms with Crippen molar-refractivity contribution in [3.05, 3.63) is 32.9 Å². The molecule has 3 N–H and O–H groups in total. The Balaban J connectivity index is 1.96. The lowest BCUT2D eigenvalue weighted by atomic mass is 10.1. The number of carbonyl (C=O) groups excluding carboxylic acids is 2. The van der Waals surface area contributed by atoms with Crippen LogP contribution in [-0.4, -0.2) is 69.0 Å². The summed E-state index contributed by atoms with van der Waals surface area (Å²) in [5, 5.41) is 12.2. The molecule has 15 heteroatoms. The number of aromatic nitrogens is 1. The first-order valence-corrected chi connectivity index (χ1v) is 13.9. The lowest BCUT2D eigenvalue weighted by molar-refractivity contribution is -0.129. The number of hydrogen-bond donors (Lipinski definition) is 3.